The summed E-state index contributed by atoms with van der Waals surface area (Å²) in [5, 5.41) is 13.5. The molecule has 1 aromatic carbocycles. The minimum absolute atomic E-state index is 0.310. The topological polar surface area (TPSA) is 79.5 Å². The van der Waals surface area contributed by atoms with Crippen molar-refractivity contribution in [3.63, 3.8) is 0 Å². The van der Waals surface area contributed by atoms with Gasteiger partial charge in [0.25, 0.3) is 5.91 Å². The van der Waals surface area contributed by atoms with E-state index in [-0.39, 0.29) is 6.42 Å². The van der Waals surface area contributed by atoms with Crippen LogP contribution in [0.1, 0.15) is 17.7 Å². The summed E-state index contributed by atoms with van der Waals surface area (Å²) < 4.78 is 5.07. The lowest BCUT2D eigenvalue weighted by molar-refractivity contribution is -0.138. The molecule has 0 bridgehead atoms. The number of fused-ring (bicyclic) bond motifs is 1. The Hall–Kier alpha value is -2.37. The number of nitrogens with one attached hydrogen (secondary N) is 1. The molecule has 2 heterocycles. The molecule has 1 aliphatic heterocycles. The Morgan fingerprint density at radius 1 is 1.41 bits per heavy atom. The summed E-state index contributed by atoms with van der Waals surface area (Å²) in [5.41, 5.74) is -1.14. The lowest BCUT2D eigenvalue weighted by Gasteiger charge is -2.19. The number of carbonyl (C=O) groups is 2. The molecule has 0 fully saturated rings. The minimum atomic E-state index is -1.91. The van der Waals surface area contributed by atoms with Crippen molar-refractivity contribution in [1.82, 2.24) is 0 Å². The van der Waals surface area contributed by atoms with Crippen molar-refractivity contribution in [3.05, 3.63) is 59.0 Å². The molecule has 1 aliphatic rings. The second-order valence-electron chi connectivity index (χ2n) is 5.00. The number of carbonyl (C=O) groups excluding carboxylic acids is 2. The van der Waals surface area contributed by atoms with E-state index in [4.69, 9.17) is 16.0 Å². The number of hydrogen-bond donors (Lipinski definition) is 2. The van der Waals surface area contributed by atoms with E-state index in [1.807, 2.05) is 0 Å². The third kappa shape index (κ3) is 2.56. The van der Waals surface area contributed by atoms with Crippen LogP contribution in [0.4, 0.5) is 5.69 Å². The van der Waals surface area contributed by atoms with Gasteiger partial charge in [0.15, 0.2) is 11.4 Å². The van der Waals surface area contributed by atoms with Crippen molar-refractivity contribution >= 4 is 35.1 Å². The molecule has 2 N–H and O–H groups in total. The monoisotopic (exact) mass is 317 g/mol. The van der Waals surface area contributed by atoms with Gasteiger partial charge < -0.3 is 14.8 Å². The standard InChI is InChI=1S/C16H12ClNO4/c17-10-3-6-14-13(8-10)16(21,15(20)18-14)9-11(19)4-5-12-2-1-7-22-12/h1-8,21H,9H2,(H,18,20)/b5-4+. The van der Waals surface area contributed by atoms with E-state index in [9.17, 15) is 14.7 Å². The zero-order valence-electron chi connectivity index (χ0n) is 11.4. The fourth-order valence-electron chi connectivity index (χ4n) is 2.36. The normalized spacial score (nSPS) is 20.2. The smallest absolute Gasteiger partial charge is 0.261 e. The van der Waals surface area contributed by atoms with E-state index >= 15 is 0 Å². The molecule has 1 unspecified atom stereocenters. The van der Waals surface area contributed by atoms with Gasteiger partial charge in [-0.25, -0.2) is 0 Å². The SMILES string of the molecule is O=C(/C=C/c1ccco1)CC1(O)C(=O)Nc2ccc(Cl)cc21. The predicted molar refractivity (Wildman–Crippen MR) is 81.3 cm³/mol. The lowest BCUT2D eigenvalue weighted by Crippen LogP contribution is -2.36. The van der Waals surface area contributed by atoms with Crippen molar-refractivity contribution in [2.45, 2.75) is 12.0 Å². The van der Waals surface area contributed by atoms with Crippen LogP contribution in [0.2, 0.25) is 5.02 Å². The summed E-state index contributed by atoms with van der Waals surface area (Å²) in [6.07, 6.45) is 3.87. The second-order valence-corrected chi connectivity index (χ2v) is 5.43. The molecule has 2 aromatic rings. The Morgan fingerprint density at radius 3 is 2.95 bits per heavy atom. The van der Waals surface area contributed by atoms with Crippen molar-refractivity contribution in [3.8, 4) is 0 Å². The van der Waals surface area contributed by atoms with Crippen LogP contribution in [0.15, 0.2) is 47.1 Å². The molecule has 112 valence electrons. The number of aliphatic hydroxyl groups is 1. The van der Waals surface area contributed by atoms with Crippen LogP contribution in [0.3, 0.4) is 0 Å². The summed E-state index contributed by atoms with van der Waals surface area (Å²) in [6, 6.07) is 8.07. The van der Waals surface area contributed by atoms with Crippen LogP contribution in [0.5, 0.6) is 0 Å². The Morgan fingerprint density at radius 2 is 2.23 bits per heavy atom. The van der Waals surface area contributed by atoms with Crippen LogP contribution in [-0.4, -0.2) is 16.8 Å². The fraction of sp³-hybridized carbons (Fsp3) is 0.125. The van der Waals surface area contributed by atoms with Gasteiger partial charge in [-0.15, -0.1) is 0 Å². The van der Waals surface area contributed by atoms with Crippen LogP contribution >= 0.6 is 11.6 Å². The average Bonchev–Trinajstić information content (AvgIpc) is 3.06. The zero-order valence-corrected chi connectivity index (χ0v) is 12.1. The van der Waals surface area contributed by atoms with E-state index in [0.29, 0.717) is 22.0 Å². The van der Waals surface area contributed by atoms with E-state index < -0.39 is 17.3 Å². The first-order chi connectivity index (χ1) is 10.5. The molecule has 1 atom stereocenters. The molecule has 6 heteroatoms. The summed E-state index contributed by atoms with van der Waals surface area (Å²) >= 11 is 5.90. The molecule has 0 saturated heterocycles. The predicted octanol–water partition coefficient (Wildman–Crippen LogP) is 2.75. The van der Waals surface area contributed by atoms with E-state index in [1.54, 1.807) is 24.3 Å². The number of amides is 1. The summed E-state index contributed by atoms with van der Waals surface area (Å²) in [7, 11) is 0. The first-order valence-electron chi connectivity index (χ1n) is 6.57. The van der Waals surface area contributed by atoms with E-state index in [2.05, 4.69) is 5.32 Å². The minimum Gasteiger partial charge on any atom is -0.465 e. The van der Waals surface area contributed by atoms with Crippen LogP contribution in [-0.2, 0) is 15.2 Å². The van der Waals surface area contributed by atoms with E-state index in [1.165, 1.54) is 24.5 Å². The van der Waals surface area contributed by atoms with Gasteiger partial charge in [0.2, 0.25) is 0 Å². The first-order valence-corrected chi connectivity index (χ1v) is 6.95. The molecular formula is C16H12ClNO4. The maximum Gasteiger partial charge on any atom is 0.261 e. The molecule has 22 heavy (non-hydrogen) atoms. The molecule has 5 nitrogen and oxygen atoms in total. The molecule has 1 amide bonds. The molecule has 0 spiro atoms. The highest BCUT2D eigenvalue weighted by Gasteiger charge is 2.46. The summed E-state index contributed by atoms with van der Waals surface area (Å²) in [6.45, 7) is 0. The number of furan rings is 1. The highest BCUT2D eigenvalue weighted by atomic mass is 35.5. The maximum atomic E-state index is 12.0. The molecule has 0 aliphatic carbocycles. The van der Waals surface area contributed by atoms with Crippen molar-refractivity contribution < 1.29 is 19.1 Å². The fourth-order valence-corrected chi connectivity index (χ4v) is 2.54. The highest BCUT2D eigenvalue weighted by molar-refractivity contribution is 6.31. The van der Waals surface area contributed by atoms with Gasteiger partial charge in [-0.1, -0.05) is 11.6 Å². The number of benzene rings is 1. The Kier molecular flexibility index (Phi) is 3.60. The molecule has 1 aromatic heterocycles. The molecular weight excluding hydrogens is 306 g/mol. The Labute approximate surface area is 131 Å². The zero-order chi connectivity index (χ0) is 15.7. The quantitative estimate of drug-likeness (QED) is 0.850. The van der Waals surface area contributed by atoms with Crippen LogP contribution in [0, 0.1) is 0 Å². The number of anilines is 1. The summed E-state index contributed by atoms with van der Waals surface area (Å²) in [5.74, 6) is -0.522. The summed E-state index contributed by atoms with van der Waals surface area (Å²) in [4.78, 5) is 24.1. The number of ketones is 1. The van der Waals surface area contributed by atoms with E-state index in [0.717, 1.165) is 0 Å². The Bertz CT molecular complexity index is 766. The van der Waals surface area contributed by atoms with Gasteiger partial charge in [0.1, 0.15) is 5.76 Å². The van der Waals surface area contributed by atoms with Gasteiger partial charge in [-0.05, 0) is 42.5 Å². The van der Waals surface area contributed by atoms with Gasteiger partial charge in [0, 0.05) is 16.3 Å². The van der Waals surface area contributed by atoms with Gasteiger partial charge >= 0.3 is 0 Å². The maximum absolute atomic E-state index is 12.0. The third-order valence-electron chi connectivity index (χ3n) is 3.46. The van der Waals surface area contributed by atoms with Gasteiger partial charge in [0.05, 0.1) is 12.7 Å². The Balaban J connectivity index is 1.83. The highest BCUT2D eigenvalue weighted by Crippen LogP contribution is 2.39. The van der Waals surface area contributed by atoms with Crippen LogP contribution in [0.25, 0.3) is 6.08 Å². The third-order valence-corrected chi connectivity index (χ3v) is 3.69. The average molecular weight is 318 g/mol. The van der Waals surface area contributed by atoms with Gasteiger partial charge in [-0.2, -0.15) is 0 Å². The van der Waals surface area contributed by atoms with Crippen molar-refractivity contribution in [1.29, 1.82) is 0 Å². The number of rotatable bonds is 4. The van der Waals surface area contributed by atoms with Crippen molar-refractivity contribution in [2.75, 3.05) is 5.32 Å². The van der Waals surface area contributed by atoms with Crippen LogP contribution < -0.4 is 5.32 Å². The molecule has 3 rings (SSSR count). The van der Waals surface area contributed by atoms with Crippen molar-refractivity contribution in [2.24, 2.45) is 0 Å². The number of allylic oxidation sites excluding steroid dienone is 1. The molecule has 0 radical (unpaired) electrons. The lowest BCUT2D eigenvalue weighted by atomic mass is 9.90. The first kappa shape index (κ1) is 14.6. The van der Waals surface area contributed by atoms with Gasteiger partial charge in [-0.3, -0.25) is 9.59 Å². The number of halogens is 1. The number of hydrogen-bond acceptors (Lipinski definition) is 4. The molecule has 0 saturated carbocycles. The largest absolute Gasteiger partial charge is 0.465 e. The second kappa shape index (κ2) is 5.44.